The van der Waals surface area contributed by atoms with E-state index >= 15 is 0 Å². The second kappa shape index (κ2) is 4.16. The van der Waals surface area contributed by atoms with Gasteiger partial charge in [0, 0.05) is 5.56 Å². The molecule has 80 valence electrons. The standard InChI is InChI=1S/C10H7F3O2/c11-10(12,13)8(6-14)5-7-3-1-2-4-9(7)15/h1-6,15H/b8-5+. The first-order valence-electron chi connectivity index (χ1n) is 3.97. The number of halogens is 3. The lowest BCUT2D eigenvalue weighted by Crippen LogP contribution is -2.12. The van der Waals surface area contributed by atoms with Gasteiger partial charge in [-0.1, -0.05) is 18.2 Å². The maximum Gasteiger partial charge on any atom is 0.419 e. The molecule has 0 radical (unpaired) electrons. The number of aromatic hydroxyl groups is 1. The zero-order valence-electron chi connectivity index (χ0n) is 7.45. The number of rotatable bonds is 2. The summed E-state index contributed by atoms with van der Waals surface area (Å²) in [7, 11) is 0. The van der Waals surface area contributed by atoms with Gasteiger partial charge in [0.1, 0.15) is 5.75 Å². The molecule has 1 N–H and O–H groups in total. The maximum atomic E-state index is 12.2. The van der Waals surface area contributed by atoms with Crippen LogP contribution in [0.4, 0.5) is 13.2 Å². The number of carbonyl (C=O) groups excluding carboxylic acids is 1. The van der Waals surface area contributed by atoms with Crippen LogP contribution >= 0.6 is 0 Å². The molecule has 0 saturated heterocycles. The predicted octanol–water partition coefficient (Wildman–Crippen LogP) is 2.54. The lowest BCUT2D eigenvalue weighted by atomic mass is 10.1. The third kappa shape index (κ3) is 2.83. The Hall–Kier alpha value is -1.78. The maximum absolute atomic E-state index is 12.2. The van der Waals surface area contributed by atoms with Gasteiger partial charge in [-0.05, 0) is 12.1 Å². The average Bonchev–Trinajstić information content (AvgIpc) is 2.14. The average molecular weight is 216 g/mol. The molecule has 15 heavy (non-hydrogen) atoms. The molecule has 1 aromatic carbocycles. The van der Waals surface area contributed by atoms with Gasteiger partial charge < -0.3 is 5.11 Å². The summed E-state index contributed by atoms with van der Waals surface area (Å²) in [4.78, 5) is 10.2. The van der Waals surface area contributed by atoms with E-state index in [1.54, 1.807) is 0 Å². The van der Waals surface area contributed by atoms with E-state index in [0.717, 1.165) is 0 Å². The second-order valence-corrected chi connectivity index (χ2v) is 2.77. The van der Waals surface area contributed by atoms with Crippen molar-refractivity contribution in [3.63, 3.8) is 0 Å². The van der Waals surface area contributed by atoms with E-state index in [1.807, 2.05) is 0 Å². The highest BCUT2D eigenvalue weighted by Gasteiger charge is 2.33. The van der Waals surface area contributed by atoms with E-state index in [2.05, 4.69) is 0 Å². The summed E-state index contributed by atoms with van der Waals surface area (Å²) in [5.41, 5.74) is -1.37. The van der Waals surface area contributed by atoms with Crippen LogP contribution in [0.3, 0.4) is 0 Å². The van der Waals surface area contributed by atoms with E-state index in [1.165, 1.54) is 24.3 Å². The highest BCUT2D eigenvalue weighted by Crippen LogP contribution is 2.28. The van der Waals surface area contributed by atoms with E-state index < -0.39 is 11.7 Å². The third-order valence-corrected chi connectivity index (χ3v) is 1.70. The number of benzene rings is 1. The van der Waals surface area contributed by atoms with Crippen molar-refractivity contribution in [1.82, 2.24) is 0 Å². The van der Waals surface area contributed by atoms with Gasteiger partial charge in [-0.2, -0.15) is 13.2 Å². The lowest BCUT2D eigenvalue weighted by Gasteiger charge is -2.05. The second-order valence-electron chi connectivity index (χ2n) is 2.77. The molecule has 1 rings (SSSR count). The predicted molar refractivity (Wildman–Crippen MR) is 48.2 cm³/mol. The molecule has 0 atom stereocenters. The molecule has 0 bridgehead atoms. The molecule has 1 aromatic rings. The zero-order valence-corrected chi connectivity index (χ0v) is 7.45. The van der Waals surface area contributed by atoms with E-state index in [-0.39, 0.29) is 17.6 Å². The van der Waals surface area contributed by atoms with Crippen molar-refractivity contribution < 1.29 is 23.1 Å². The Kier molecular flexibility index (Phi) is 3.14. The van der Waals surface area contributed by atoms with Crippen LogP contribution in [-0.2, 0) is 4.79 Å². The van der Waals surface area contributed by atoms with Gasteiger partial charge in [0.05, 0.1) is 5.57 Å². The number of para-hydroxylation sites is 1. The van der Waals surface area contributed by atoms with Crippen LogP contribution in [0.1, 0.15) is 5.56 Å². The van der Waals surface area contributed by atoms with Gasteiger partial charge in [0.2, 0.25) is 0 Å². The lowest BCUT2D eigenvalue weighted by molar-refractivity contribution is -0.118. The Balaban J connectivity index is 3.15. The van der Waals surface area contributed by atoms with Crippen molar-refractivity contribution in [3.8, 4) is 5.75 Å². The SMILES string of the molecule is O=C/C(=C\c1ccccc1O)C(F)(F)F. The molecule has 5 heteroatoms. The summed E-state index contributed by atoms with van der Waals surface area (Å²) in [6.07, 6.45) is -4.39. The quantitative estimate of drug-likeness (QED) is 0.609. The Morgan fingerprint density at radius 2 is 1.87 bits per heavy atom. The molecule has 0 fully saturated rings. The summed E-state index contributed by atoms with van der Waals surface area (Å²) in [5, 5.41) is 9.19. The minimum Gasteiger partial charge on any atom is -0.507 e. The van der Waals surface area contributed by atoms with Gasteiger partial charge in [-0.15, -0.1) is 0 Å². The van der Waals surface area contributed by atoms with Crippen molar-refractivity contribution in [1.29, 1.82) is 0 Å². The molecular weight excluding hydrogens is 209 g/mol. The normalized spacial score (nSPS) is 12.6. The molecule has 2 nitrogen and oxygen atoms in total. The van der Waals surface area contributed by atoms with Crippen LogP contribution in [0, 0.1) is 0 Å². The van der Waals surface area contributed by atoms with Crippen LogP contribution in [0.15, 0.2) is 29.8 Å². The summed E-state index contributed by atoms with van der Waals surface area (Å²) < 4.78 is 36.5. The monoisotopic (exact) mass is 216 g/mol. The fraction of sp³-hybridized carbons (Fsp3) is 0.100. The first kappa shape index (κ1) is 11.3. The zero-order chi connectivity index (χ0) is 11.5. The smallest absolute Gasteiger partial charge is 0.419 e. The summed E-state index contributed by atoms with van der Waals surface area (Å²) in [6, 6.07) is 5.46. The number of hydrogen-bond donors (Lipinski definition) is 1. The van der Waals surface area contributed by atoms with E-state index in [4.69, 9.17) is 0 Å². The summed E-state index contributed by atoms with van der Waals surface area (Å²) in [5.74, 6) is -0.305. The van der Waals surface area contributed by atoms with Gasteiger partial charge in [0.25, 0.3) is 0 Å². The van der Waals surface area contributed by atoms with Crippen molar-refractivity contribution in [2.45, 2.75) is 6.18 Å². The molecule has 0 aliphatic heterocycles. The van der Waals surface area contributed by atoms with Crippen molar-refractivity contribution >= 4 is 12.4 Å². The highest BCUT2D eigenvalue weighted by atomic mass is 19.4. The number of allylic oxidation sites excluding steroid dienone is 1. The summed E-state index contributed by atoms with van der Waals surface area (Å²) in [6.45, 7) is 0. The van der Waals surface area contributed by atoms with E-state index in [0.29, 0.717) is 6.08 Å². The highest BCUT2D eigenvalue weighted by molar-refractivity contribution is 5.84. The van der Waals surface area contributed by atoms with Crippen LogP contribution < -0.4 is 0 Å². The molecule has 0 amide bonds. The molecule has 0 spiro atoms. The number of hydrogen-bond acceptors (Lipinski definition) is 2. The fourth-order valence-electron chi connectivity index (χ4n) is 0.960. The Bertz CT molecular complexity index is 394. The topological polar surface area (TPSA) is 37.3 Å². The molecule has 0 heterocycles. The van der Waals surface area contributed by atoms with Crippen molar-refractivity contribution in [2.24, 2.45) is 0 Å². The molecule has 0 aromatic heterocycles. The summed E-state index contributed by atoms with van der Waals surface area (Å²) >= 11 is 0. The van der Waals surface area contributed by atoms with Gasteiger partial charge in [-0.3, -0.25) is 4.79 Å². The van der Waals surface area contributed by atoms with Crippen LogP contribution in [0.2, 0.25) is 0 Å². The Morgan fingerprint density at radius 1 is 1.27 bits per heavy atom. The largest absolute Gasteiger partial charge is 0.507 e. The van der Waals surface area contributed by atoms with Crippen LogP contribution in [-0.4, -0.2) is 17.6 Å². The fourth-order valence-corrected chi connectivity index (χ4v) is 0.960. The van der Waals surface area contributed by atoms with Gasteiger partial charge in [-0.25, -0.2) is 0 Å². The minimum absolute atomic E-state index is 0.0445. The van der Waals surface area contributed by atoms with E-state index in [9.17, 15) is 23.1 Å². The molecule has 0 unspecified atom stereocenters. The van der Waals surface area contributed by atoms with Crippen molar-refractivity contribution in [2.75, 3.05) is 0 Å². The first-order valence-corrected chi connectivity index (χ1v) is 3.97. The minimum atomic E-state index is -4.70. The molecular formula is C10H7F3O2. The van der Waals surface area contributed by atoms with Crippen LogP contribution in [0.25, 0.3) is 6.08 Å². The van der Waals surface area contributed by atoms with Crippen molar-refractivity contribution in [3.05, 3.63) is 35.4 Å². The van der Waals surface area contributed by atoms with Gasteiger partial charge >= 0.3 is 6.18 Å². The Morgan fingerprint density at radius 3 is 2.33 bits per heavy atom. The number of phenolic OH excluding ortho intramolecular Hbond substituents is 1. The number of alkyl halides is 3. The Labute approximate surface area is 83.7 Å². The molecule has 0 aliphatic carbocycles. The van der Waals surface area contributed by atoms with Gasteiger partial charge in [0.15, 0.2) is 6.29 Å². The number of aldehydes is 1. The number of carbonyl (C=O) groups is 1. The first-order chi connectivity index (χ1) is 6.95. The molecule has 0 saturated carbocycles. The van der Waals surface area contributed by atoms with Crippen LogP contribution in [0.5, 0.6) is 5.75 Å². The molecule has 0 aliphatic rings. The number of phenols is 1. The third-order valence-electron chi connectivity index (χ3n) is 1.70.